The van der Waals surface area contributed by atoms with Crippen LogP contribution in [0.25, 0.3) is 11.1 Å². The zero-order chi connectivity index (χ0) is 22.6. The summed E-state index contributed by atoms with van der Waals surface area (Å²) in [5.41, 5.74) is 8.93. The zero-order valence-electron chi connectivity index (χ0n) is 18.0. The van der Waals surface area contributed by atoms with Gasteiger partial charge in [-0.15, -0.1) is 0 Å². The van der Waals surface area contributed by atoms with E-state index in [-0.39, 0.29) is 30.6 Å². The SMILES string of the molecule is NC(=O)[C@@]1(Cc2ccccc2-c2ccccc2)CCCN(C(=O)Cc2cccc(F)c2)C1. The van der Waals surface area contributed by atoms with Crippen LogP contribution in [0.1, 0.15) is 24.0 Å². The van der Waals surface area contributed by atoms with Gasteiger partial charge in [-0.2, -0.15) is 0 Å². The summed E-state index contributed by atoms with van der Waals surface area (Å²) in [4.78, 5) is 27.4. The van der Waals surface area contributed by atoms with Gasteiger partial charge in [0.1, 0.15) is 5.82 Å². The van der Waals surface area contributed by atoms with Crippen LogP contribution >= 0.6 is 0 Å². The summed E-state index contributed by atoms with van der Waals surface area (Å²) in [5.74, 6) is -0.862. The number of carbonyl (C=O) groups excluding carboxylic acids is 2. The van der Waals surface area contributed by atoms with Crippen LogP contribution in [0.4, 0.5) is 4.39 Å². The molecule has 0 saturated carbocycles. The first-order valence-corrected chi connectivity index (χ1v) is 10.9. The van der Waals surface area contributed by atoms with Crippen molar-refractivity contribution >= 4 is 11.8 Å². The number of carbonyl (C=O) groups is 2. The molecule has 0 spiro atoms. The van der Waals surface area contributed by atoms with E-state index in [9.17, 15) is 14.0 Å². The van der Waals surface area contributed by atoms with E-state index >= 15 is 0 Å². The smallest absolute Gasteiger partial charge is 0.227 e. The molecule has 1 aliphatic rings. The van der Waals surface area contributed by atoms with Gasteiger partial charge >= 0.3 is 0 Å². The number of nitrogens with two attached hydrogens (primary N) is 1. The highest BCUT2D eigenvalue weighted by molar-refractivity contribution is 5.84. The van der Waals surface area contributed by atoms with E-state index in [0.717, 1.165) is 16.7 Å². The molecule has 0 aromatic heterocycles. The van der Waals surface area contributed by atoms with Gasteiger partial charge in [0.25, 0.3) is 0 Å². The monoisotopic (exact) mass is 430 g/mol. The van der Waals surface area contributed by atoms with E-state index in [1.54, 1.807) is 17.0 Å². The predicted octanol–water partition coefficient (Wildman–Crippen LogP) is 4.37. The van der Waals surface area contributed by atoms with E-state index in [2.05, 4.69) is 6.07 Å². The molecular weight excluding hydrogens is 403 g/mol. The van der Waals surface area contributed by atoms with E-state index in [4.69, 9.17) is 5.73 Å². The highest BCUT2D eigenvalue weighted by Crippen LogP contribution is 2.37. The third-order valence-corrected chi connectivity index (χ3v) is 6.33. The topological polar surface area (TPSA) is 63.4 Å². The number of hydrogen-bond donors (Lipinski definition) is 1. The van der Waals surface area contributed by atoms with Crippen molar-refractivity contribution in [2.45, 2.75) is 25.7 Å². The van der Waals surface area contributed by atoms with Crippen molar-refractivity contribution in [3.63, 3.8) is 0 Å². The quantitative estimate of drug-likeness (QED) is 0.631. The van der Waals surface area contributed by atoms with E-state index in [1.807, 2.05) is 48.5 Å². The molecule has 4 rings (SSSR count). The minimum absolute atomic E-state index is 0.104. The summed E-state index contributed by atoms with van der Waals surface area (Å²) in [5, 5.41) is 0. The van der Waals surface area contributed by atoms with Crippen LogP contribution in [0.3, 0.4) is 0 Å². The summed E-state index contributed by atoms with van der Waals surface area (Å²) in [6.45, 7) is 0.850. The fraction of sp³-hybridized carbons (Fsp3) is 0.259. The Kier molecular flexibility index (Phi) is 6.35. The molecule has 0 unspecified atom stereocenters. The highest BCUT2D eigenvalue weighted by Gasteiger charge is 2.42. The summed E-state index contributed by atoms with van der Waals surface area (Å²) < 4.78 is 13.5. The highest BCUT2D eigenvalue weighted by atomic mass is 19.1. The zero-order valence-corrected chi connectivity index (χ0v) is 18.0. The van der Waals surface area contributed by atoms with E-state index < -0.39 is 5.41 Å². The first-order valence-electron chi connectivity index (χ1n) is 10.9. The second-order valence-corrected chi connectivity index (χ2v) is 8.57. The molecule has 1 saturated heterocycles. The van der Waals surface area contributed by atoms with Crippen molar-refractivity contribution in [2.24, 2.45) is 11.1 Å². The molecule has 4 nitrogen and oxygen atoms in total. The van der Waals surface area contributed by atoms with Crippen LogP contribution in [0, 0.1) is 11.2 Å². The molecular formula is C27H27FN2O2. The van der Waals surface area contributed by atoms with Crippen molar-refractivity contribution in [1.29, 1.82) is 0 Å². The summed E-state index contributed by atoms with van der Waals surface area (Å²) in [6, 6.07) is 24.1. The second kappa shape index (κ2) is 9.35. The largest absolute Gasteiger partial charge is 0.369 e. The molecule has 164 valence electrons. The molecule has 1 heterocycles. The molecule has 3 aromatic carbocycles. The average Bonchev–Trinajstić information content (AvgIpc) is 2.80. The molecule has 3 aromatic rings. The van der Waals surface area contributed by atoms with Crippen molar-refractivity contribution in [3.8, 4) is 11.1 Å². The fourth-order valence-electron chi connectivity index (χ4n) is 4.65. The molecule has 0 aliphatic carbocycles. The molecule has 2 N–H and O–H groups in total. The maximum atomic E-state index is 13.5. The van der Waals surface area contributed by atoms with E-state index in [0.29, 0.717) is 31.4 Å². The first-order chi connectivity index (χ1) is 15.5. The number of rotatable bonds is 6. The number of halogens is 1. The summed E-state index contributed by atoms with van der Waals surface area (Å²) in [6.07, 6.45) is 1.91. The van der Waals surface area contributed by atoms with Crippen LogP contribution in [-0.2, 0) is 22.4 Å². The van der Waals surface area contributed by atoms with Crippen molar-refractivity contribution in [2.75, 3.05) is 13.1 Å². The lowest BCUT2D eigenvalue weighted by atomic mass is 9.73. The second-order valence-electron chi connectivity index (χ2n) is 8.57. The van der Waals surface area contributed by atoms with Gasteiger partial charge in [-0.25, -0.2) is 4.39 Å². The van der Waals surface area contributed by atoms with Gasteiger partial charge in [0.2, 0.25) is 11.8 Å². The molecule has 32 heavy (non-hydrogen) atoms. The Morgan fingerprint density at radius 1 is 0.969 bits per heavy atom. The Morgan fingerprint density at radius 2 is 1.72 bits per heavy atom. The van der Waals surface area contributed by atoms with Crippen LogP contribution in [-0.4, -0.2) is 29.8 Å². The number of primary amides is 1. The van der Waals surface area contributed by atoms with Gasteiger partial charge in [-0.05, 0) is 53.6 Å². The van der Waals surface area contributed by atoms with Gasteiger partial charge in [-0.1, -0.05) is 66.7 Å². The predicted molar refractivity (Wildman–Crippen MR) is 123 cm³/mol. The molecule has 5 heteroatoms. The molecule has 0 radical (unpaired) electrons. The first kappa shape index (κ1) is 21.8. The summed E-state index contributed by atoms with van der Waals surface area (Å²) in [7, 11) is 0. The van der Waals surface area contributed by atoms with Crippen LogP contribution in [0.2, 0.25) is 0 Å². The van der Waals surface area contributed by atoms with Crippen molar-refractivity contribution < 1.29 is 14.0 Å². The van der Waals surface area contributed by atoms with Crippen molar-refractivity contribution in [3.05, 3.63) is 95.8 Å². The lowest BCUT2D eigenvalue weighted by molar-refractivity contribution is -0.139. The molecule has 1 fully saturated rings. The number of piperidine rings is 1. The lowest BCUT2D eigenvalue weighted by Crippen LogP contribution is -2.53. The van der Waals surface area contributed by atoms with Gasteiger partial charge in [0.05, 0.1) is 11.8 Å². The Labute approximate surface area is 187 Å². The Morgan fingerprint density at radius 3 is 2.47 bits per heavy atom. The minimum Gasteiger partial charge on any atom is -0.369 e. The summed E-state index contributed by atoms with van der Waals surface area (Å²) >= 11 is 0. The maximum absolute atomic E-state index is 13.5. The fourth-order valence-corrected chi connectivity index (χ4v) is 4.65. The van der Waals surface area contributed by atoms with Gasteiger partial charge in [0, 0.05) is 13.1 Å². The Balaban J connectivity index is 1.58. The third kappa shape index (κ3) is 4.72. The molecule has 1 atom stereocenters. The minimum atomic E-state index is -0.833. The van der Waals surface area contributed by atoms with Crippen LogP contribution < -0.4 is 5.73 Å². The number of amides is 2. The number of benzene rings is 3. The third-order valence-electron chi connectivity index (χ3n) is 6.33. The number of nitrogens with zero attached hydrogens (tertiary/aromatic N) is 1. The normalized spacial score (nSPS) is 18.3. The Bertz CT molecular complexity index is 1120. The van der Waals surface area contributed by atoms with Crippen LogP contribution in [0.5, 0.6) is 0 Å². The molecule has 1 aliphatic heterocycles. The standard InChI is InChI=1S/C27H27FN2O2/c28-23-12-6-8-20(16-23)17-25(31)30-15-7-14-27(19-30,26(29)32)18-22-11-4-5-13-24(22)21-9-2-1-3-10-21/h1-6,8-13,16H,7,14-15,17-19H2,(H2,29,32)/t27-/m1/s1. The van der Waals surface area contributed by atoms with E-state index in [1.165, 1.54) is 12.1 Å². The number of likely N-dealkylation sites (tertiary alicyclic amines) is 1. The van der Waals surface area contributed by atoms with Gasteiger partial charge < -0.3 is 10.6 Å². The number of hydrogen-bond acceptors (Lipinski definition) is 2. The van der Waals surface area contributed by atoms with Gasteiger partial charge in [0.15, 0.2) is 0 Å². The average molecular weight is 431 g/mol. The molecule has 2 amide bonds. The van der Waals surface area contributed by atoms with Gasteiger partial charge in [-0.3, -0.25) is 9.59 Å². The molecule has 0 bridgehead atoms. The van der Waals surface area contributed by atoms with Crippen molar-refractivity contribution in [1.82, 2.24) is 4.90 Å². The lowest BCUT2D eigenvalue weighted by Gasteiger charge is -2.41. The maximum Gasteiger partial charge on any atom is 0.227 e. The Hall–Kier alpha value is -3.47. The van der Waals surface area contributed by atoms with Crippen LogP contribution in [0.15, 0.2) is 78.9 Å².